The van der Waals surface area contributed by atoms with Gasteiger partial charge in [-0.2, -0.15) is 0 Å². The second kappa shape index (κ2) is 7.02. The van der Waals surface area contributed by atoms with E-state index in [-0.39, 0.29) is 12.5 Å². The minimum atomic E-state index is -0.812. The van der Waals surface area contributed by atoms with Gasteiger partial charge in [0.2, 0.25) is 5.91 Å². The predicted molar refractivity (Wildman–Crippen MR) is 44.6 cm³/mol. The Morgan fingerprint density at radius 2 is 2.42 bits per heavy atom. The van der Waals surface area contributed by atoms with Crippen molar-refractivity contribution >= 4 is 5.91 Å². The van der Waals surface area contributed by atoms with Gasteiger partial charge in [-0.3, -0.25) is 4.79 Å². The van der Waals surface area contributed by atoms with E-state index in [2.05, 4.69) is 5.32 Å². The molecule has 72 valence electrons. The van der Waals surface area contributed by atoms with Crippen LogP contribution in [0.15, 0.2) is 0 Å². The zero-order valence-electron chi connectivity index (χ0n) is 7.25. The average molecular weight is 176 g/mol. The summed E-state index contributed by atoms with van der Waals surface area (Å²) in [5.74, 6) is -0.325. The summed E-state index contributed by atoms with van der Waals surface area (Å²) in [7, 11) is 1.60. The molecule has 0 fully saturated rings. The number of ether oxygens (including phenoxy) is 1. The number of aliphatic hydroxyl groups excluding tert-OH is 1. The number of hydrogen-bond acceptors (Lipinski definition) is 4. The van der Waals surface area contributed by atoms with E-state index in [1.54, 1.807) is 7.11 Å². The van der Waals surface area contributed by atoms with Gasteiger partial charge in [0.05, 0.1) is 6.61 Å². The van der Waals surface area contributed by atoms with Crippen molar-refractivity contribution < 1.29 is 14.6 Å². The van der Waals surface area contributed by atoms with Gasteiger partial charge in [-0.1, -0.05) is 0 Å². The number of amides is 1. The van der Waals surface area contributed by atoms with Crippen LogP contribution in [0.4, 0.5) is 0 Å². The Hall–Kier alpha value is -0.650. The second-order valence-corrected chi connectivity index (χ2v) is 2.43. The van der Waals surface area contributed by atoms with Crippen LogP contribution in [0.2, 0.25) is 0 Å². The molecule has 0 aromatic carbocycles. The summed E-state index contributed by atoms with van der Waals surface area (Å²) in [4.78, 5) is 10.9. The third-order valence-corrected chi connectivity index (χ3v) is 1.36. The zero-order chi connectivity index (χ0) is 9.40. The summed E-state index contributed by atoms with van der Waals surface area (Å²) in [6.45, 7) is 0.811. The number of aliphatic hydroxyl groups is 1. The summed E-state index contributed by atoms with van der Waals surface area (Å²) >= 11 is 0. The molecular weight excluding hydrogens is 160 g/mol. The third kappa shape index (κ3) is 5.06. The highest BCUT2D eigenvalue weighted by atomic mass is 16.5. The van der Waals surface area contributed by atoms with Crippen molar-refractivity contribution in [1.29, 1.82) is 0 Å². The second-order valence-electron chi connectivity index (χ2n) is 2.43. The number of nitrogens with one attached hydrogen (secondary N) is 1. The van der Waals surface area contributed by atoms with Crippen LogP contribution < -0.4 is 11.1 Å². The molecular formula is C7H16N2O3. The molecule has 0 aliphatic carbocycles. The molecule has 5 nitrogen and oxygen atoms in total. The Morgan fingerprint density at radius 1 is 1.75 bits per heavy atom. The number of carbonyl (C=O) groups excluding carboxylic acids is 1. The van der Waals surface area contributed by atoms with Gasteiger partial charge in [0.15, 0.2) is 0 Å². The number of nitrogens with two attached hydrogens (primary N) is 1. The maximum atomic E-state index is 10.9. The molecule has 4 N–H and O–H groups in total. The van der Waals surface area contributed by atoms with Crippen molar-refractivity contribution in [2.45, 2.75) is 12.5 Å². The van der Waals surface area contributed by atoms with Crippen molar-refractivity contribution in [3.05, 3.63) is 0 Å². The molecule has 0 aliphatic rings. The first-order valence-corrected chi connectivity index (χ1v) is 3.85. The maximum absolute atomic E-state index is 10.9. The molecule has 0 heterocycles. The van der Waals surface area contributed by atoms with Crippen molar-refractivity contribution in [3.8, 4) is 0 Å². The molecule has 0 spiro atoms. The van der Waals surface area contributed by atoms with Gasteiger partial charge in [0.1, 0.15) is 6.04 Å². The van der Waals surface area contributed by atoms with Gasteiger partial charge < -0.3 is 20.9 Å². The van der Waals surface area contributed by atoms with E-state index in [9.17, 15) is 4.79 Å². The van der Waals surface area contributed by atoms with Crippen molar-refractivity contribution in [3.63, 3.8) is 0 Å². The summed E-state index contributed by atoms with van der Waals surface area (Å²) in [6.07, 6.45) is 0.750. The Kier molecular flexibility index (Phi) is 6.64. The van der Waals surface area contributed by atoms with Gasteiger partial charge >= 0.3 is 0 Å². The number of carbonyl (C=O) groups is 1. The van der Waals surface area contributed by atoms with E-state index < -0.39 is 6.04 Å². The van der Waals surface area contributed by atoms with Gasteiger partial charge in [-0.15, -0.1) is 0 Å². The van der Waals surface area contributed by atoms with Crippen LogP contribution >= 0.6 is 0 Å². The van der Waals surface area contributed by atoms with Crippen LogP contribution in [0, 0.1) is 0 Å². The summed E-state index contributed by atoms with van der Waals surface area (Å²) in [6, 6.07) is -0.812. The monoisotopic (exact) mass is 176 g/mol. The van der Waals surface area contributed by atoms with Gasteiger partial charge in [0.25, 0.3) is 0 Å². The smallest absolute Gasteiger partial charge is 0.239 e. The lowest BCUT2D eigenvalue weighted by molar-refractivity contribution is -0.123. The Morgan fingerprint density at radius 3 is 2.92 bits per heavy atom. The van der Waals surface area contributed by atoms with Gasteiger partial charge in [-0.25, -0.2) is 0 Å². The molecule has 0 aliphatic heterocycles. The predicted octanol–water partition coefficient (Wildman–Crippen LogP) is -1.54. The molecule has 1 amide bonds. The van der Waals surface area contributed by atoms with E-state index in [1.165, 1.54) is 0 Å². The van der Waals surface area contributed by atoms with Crippen molar-refractivity contribution in [2.75, 3.05) is 26.9 Å². The fourth-order valence-electron chi connectivity index (χ4n) is 0.642. The van der Waals surface area contributed by atoms with E-state index in [0.717, 1.165) is 6.42 Å². The van der Waals surface area contributed by atoms with Crippen LogP contribution in [0.25, 0.3) is 0 Å². The SMILES string of the molecule is COCCCNC(=O)C(N)CO. The lowest BCUT2D eigenvalue weighted by Crippen LogP contribution is -2.43. The highest BCUT2D eigenvalue weighted by Crippen LogP contribution is 1.80. The van der Waals surface area contributed by atoms with Crippen LogP contribution in [0.1, 0.15) is 6.42 Å². The normalized spacial score (nSPS) is 12.6. The number of rotatable bonds is 6. The zero-order valence-corrected chi connectivity index (χ0v) is 7.25. The first-order valence-electron chi connectivity index (χ1n) is 3.85. The minimum absolute atomic E-state index is 0.323. The minimum Gasteiger partial charge on any atom is -0.394 e. The lowest BCUT2D eigenvalue weighted by atomic mass is 10.3. The standard InChI is InChI=1S/C7H16N2O3/c1-12-4-2-3-9-7(11)6(8)5-10/h6,10H,2-5,8H2,1H3,(H,9,11). The van der Waals surface area contributed by atoms with E-state index >= 15 is 0 Å². The molecule has 0 bridgehead atoms. The Bertz CT molecular complexity index is 130. The number of hydrogen-bond donors (Lipinski definition) is 3. The van der Waals surface area contributed by atoms with Crippen LogP contribution in [-0.4, -0.2) is 43.9 Å². The Labute approximate surface area is 71.9 Å². The van der Waals surface area contributed by atoms with Crippen LogP contribution in [0.3, 0.4) is 0 Å². The molecule has 5 heteroatoms. The van der Waals surface area contributed by atoms with E-state index in [1.807, 2.05) is 0 Å². The molecule has 0 aromatic rings. The van der Waals surface area contributed by atoms with Crippen LogP contribution in [-0.2, 0) is 9.53 Å². The topological polar surface area (TPSA) is 84.6 Å². The molecule has 0 saturated heterocycles. The molecule has 0 radical (unpaired) electrons. The van der Waals surface area contributed by atoms with E-state index in [0.29, 0.717) is 13.2 Å². The van der Waals surface area contributed by atoms with Crippen LogP contribution in [0.5, 0.6) is 0 Å². The maximum Gasteiger partial charge on any atom is 0.239 e. The molecule has 1 unspecified atom stereocenters. The fourth-order valence-corrected chi connectivity index (χ4v) is 0.642. The van der Waals surface area contributed by atoms with Gasteiger partial charge in [0, 0.05) is 20.3 Å². The third-order valence-electron chi connectivity index (χ3n) is 1.36. The highest BCUT2D eigenvalue weighted by Gasteiger charge is 2.09. The Balaban J connectivity index is 3.31. The van der Waals surface area contributed by atoms with Crippen molar-refractivity contribution in [2.24, 2.45) is 5.73 Å². The summed E-state index contributed by atoms with van der Waals surface area (Å²) in [5.41, 5.74) is 5.24. The highest BCUT2D eigenvalue weighted by molar-refractivity contribution is 5.81. The van der Waals surface area contributed by atoms with Gasteiger partial charge in [-0.05, 0) is 6.42 Å². The summed E-state index contributed by atoms with van der Waals surface area (Å²) < 4.78 is 4.78. The number of methoxy groups -OCH3 is 1. The van der Waals surface area contributed by atoms with E-state index in [4.69, 9.17) is 15.6 Å². The fraction of sp³-hybridized carbons (Fsp3) is 0.857. The first-order chi connectivity index (χ1) is 5.72. The quantitative estimate of drug-likeness (QED) is 0.428. The molecule has 1 atom stereocenters. The molecule has 0 saturated carbocycles. The largest absolute Gasteiger partial charge is 0.394 e. The molecule has 0 aromatic heterocycles. The first kappa shape index (κ1) is 11.4. The summed E-state index contributed by atoms with van der Waals surface area (Å²) in [5, 5.41) is 11.1. The van der Waals surface area contributed by atoms with Crippen molar-refractivity contribution in [1.82, 2.24) is 5.32 Å². The average Bonchev–Trinajstić information content (AvgIpc) is 2.10. The molecule has 0 rings (SSSR count). The molecule has 12 heavy (non-hydrogen) atoms. The lowest BCUT2D eigenvalue weighted by Gasteiger charge is -2.08.